The summed E-state index contributed by atoms with van der Waals surface area (Å²) < 4.78 is 0. The van der Waals surface area contributed by atoms with E-state index in [1.165, 1.54) is 12.8 Å². The molecule has 2 heterocycles. The molecule has 6 heteroatoms. The van der Waals surface area contributed by atoms with Crippen molar-refractivity contribution in [2.75, 3.05) is 28.6 Å². The van der Waals surface area contributed by atoms with Gasteiger partial charge in [-0.2, -0.15) is 0 Å². The molecule has 1 saturated heterocycles. The first-order chi connectivity index (χ1) is 12.2. The number of carbonyl (C=O) groups is 2. The highest BCUT2D eigenvalue weighted by Gasteiger charge is 2.14. The van der Waals surface area contributed by atoms with Crippen LogP contribution in [-0.4, -0.2) is 29.9 Å². The third-order valence-corrected chi connectivity index (χ3v) is 4.17. The number of pyridine rings is 1. The van der Waals surface area contributed by atoms with Crippen LogP contribution in [0.5, 0.6) is 0 Å². The summed E-state index contributed by atoms with van der Waals surface area (Å²) in [6.07, 6.45) is 4.39. The topological polar surface area (TPSA) is 74.3 Å². The maximum atomic E-state index is 12.4. The van der Waals surface area contributed by atoms with Crippen molar-refractivity contribution in [1.82, 2.24) is 4.98 Å². The highest BCUT2D eigenvalue weighted by molar-refractivity contribution is 6.04. The Balaban J connectivity index is 1.65. The number of aromatic nitrogens is 1. The third-order valence-electron chi connectivity index (χ3n) is 4.17. The van der Waals surface area contributed by atoms with Gasteiger partial charge in [0.05, 0.1) is 5.56 Å². The van der Waals surface area contributed by atoms with Gasteiger partial charge in [-0.05, 0) is 43.2 Å². The molecule has 2 N–H and O–H groups in total. The van der Waals surface area contributed by atoms with Crippen molar-refractivity contribution in [1.29, 1.82) is 0 Å². The summed E-state index contributed by atoms with van der Waals surface area (Å²) in [5, 5.41) is 5.61. The number of anilines is 3. The minimum absolute atomic E-state index is 0.0646. The van der Waals surface area contributed by atoms with E-state index in [1.807, 2.05) is 6.07 Å². The summed E-state index contributed by atoms with van der Waals surface area (Å²) in [5.41, 5.74) is 1.79. The number of benzene rings is 1. The van der Waals surface area contributed by atoms with Gasteiger partial charge in [-0.15, -0.1) is 0 Å². The fraction of sp³-hybridized carbons (Fsp3) is 0.316. The monoisotopic (exact) mass is 338 g/mol. The van der Waals surface area contributed by atoms with Crippen LogP contribution in [0, 0.1) is 0 Å². The highest BCUT2D eigenvalue weighted by Crippen LogP contribution is 2.19. The van der Waals surface area contributed by atoms with Crippen LogP contribution >= 0.6 is 0 Å². The second-order valence-corrected chi connectivity index (χ2v) is 6.04. The minimum Gasteiger partial charge on any atom is -0.357 e. The maximum Gasteiger partial charge on any atom is 0.257 e. The lowest BCUT2D eigenvalue weighted by Crippen LogP contribution is -2.19. The Kier molecular flexibility index (Phi) is 5.28. The molecule has 0 bridgehead atoms. The number of hydrogen-bond donors (Lipinski definition) is 2. The molecular formula is C19H22N4O2. The predicted molar refractivity (Wildman–Crippen MR) is 99.0 cm³/mol. The molecule has 1 aliphatic heterocycles. The van der Waals surface area contributed by atoms with Crippen molar-refractivity contribution in [2.45, 2.75) is 26.2 Å². The smallest absolute Gasteiger partial charge is 0.257 e. The number of amides is 2. The second-order valence-electron chi connectivity index (χ2n) is 6.04. The number of hydrogen-bond acceptors (Lipinski definition) is 4. The Labute approximate surface area is 147 Å². The van der Waals surface area contributed by atoms with E-state index in [0.29, 0.717) is 23.4 Å². The Hall–Kier alpha value is -2.89. The molecule has 0 radical (unpaired) electrons. The zero-order valence-electron chi connectivity index (χ0n) is 14.3. The summed E-state index contributed by atoms with van der Waals surface area (Å²) >= 11 is 0. The summed E-state index contributed by atoms with van der Waals surface area (Å²) in [7, 11) is 0. The van der Waals surface area contributed by atoms with Gasteiger partial charge in [0, 0.05) is 37.1 Å². The van der Waals surface area contributed by atoms with Gasteiger partial charge >= 0.3 is 0 Å². The molecule has 2 amide bonds. The van der Waals surface area contributed by atoms with Gasteiger partial charge in [0.25, 0.3) is 5.91 Å². The maximum absolute atomic E-state index is 12.4. The fourth-order valence-electron chi connectivity index (χ4n) is 2.78. The van der Waals surface area contributed by atoms with E-state index in [-0.39, 0.29) is 11.8 Å². The normalized spacial score (nSPS) is 13.6. The lowest BCUT2D eigenvalue weighted by Gasteiger charge is -2.16. The van der Waals surface area contributed by atoms with Crippen LogP contribution < -0.4 is 15.5 Å². The van der Waals surface area contributed by atoms with Crippen molar-refractivity contribution in [3.63, 3.8) is 0 Å². The van der Waals surface area contributed by atoms with Gasteiger partial charge in [-0.3, -0.25) is 9.59 Å². The summed E-state index contributed by atoms with van der Waals surface area (Å²) in [5.74, 6) is 0.628. The average molecular weight is 338 g/mol. The van der Waals surface area contributed by atoms with Crippen molar-refractivity contribution in [3.05, 3.63) is 48.2 Å². The second kappa shape index (κ2) is 7.79. The zero-order chi connectivity index (χ0) is 17.6. The molecule has 130 valence electrons. The number of nitrogens with zero attached hydrogens (tertiary/aromatic N) is 2. The summed E-state index contributed by atoms with van der Waals surface area (Å²) in [6.45, 7) is 3.84. The van der Waals surface area contributed by atoms with Gasteiger partial charge in [0.15, 0.2) is 0 Å². The van der Waals surface area contributed by atoms with Gasteiger partial charge < -0.3 is 15.5 Å². The molecule has 0 spiro atoms. The van der Waals surface area contributed by atoms with E-state index in [0.717, 1.165) is 18.9 Å². The van der Waals surface area contributed by atoms with Gasteiger partial charge in [0.2, 0.25) is 5.91 Å². The van der Waals surface area contributed by atoms with E-state index in [4.69, 9.17) is 0 Å². The van der Waals surface area contributed by atoms with Crippen LogP contribution in [0.3, 0.4) is 0 Å². The molecular weight excluding hydrogens is 316 g/mol. The van der Waals surface area contributed by atoms with E-state index >= 15 is 0 Å². The fourth-order valence-corrected chi connectivity index (χ4v) is 2.78. The molecule has 3 rings (SSSR count). The SMILES string of the molecule is CCC(=O)Nc1cccc(NC(=O)c2ccc(N3CCCC3)nc2)c1. The minimum atomic E-state index is -0.223. The van der Waals surface area contributed by atoms with E-state index in [2.05, 4.69) is 20.5 Å². The van der Waals surface area contributed by atoms with Crippen LogP contribution in [0.15, 0.2) is 42.6 Å². The molecule has 1 fully saturated rings. The van der Waals surface area contributed by atoms with Crippen LogP contribution in [0.4, 0.5) is 17.2 Å². The molecule has 0 saturated carbocycles. The van der Waals surface area contributed by atoms with Gasteiger partial charge in [-0.1, -0.05) is 13.0 Å². The van der Waals surface area contributed by atoms with Crippen molar-refractivity contribution in [3.8, 4) is 0 Å². The molecule has 6 nitrogen and oxygen atoms in total. The third kappa shape index (κ3) is 4.35. The first kappa shape index (κ1) is 17.0. The first-order valence-corrected chi connectivity index (χ1v) is 8.58. The van der Waals surface area contributed by atoms with Crippen molar-refractivity contribution >= 4 is 29.0 Å². The molecule has 0 atom stereocenters. The average Bonchev–Trinajstić information content (AvgIpc) is 3.16. The van der Waals surface area contributed by atoms with E-state index in [1.54, 1.807) is 43.5 Å². The standard InChI is InChI=1S/C19H22N4O2/c1-2-18(24)21-15-6-5-7-16(12-15)22-19(25)14-8-9-17(20-13-14)23-10-3-4-11-23/h5-9,12-13H,2-4,10-11H2,1H3,(H,21,24)(H,22,25). The first-order valence-electron chi connectivity index (χ1n) is 8.58. The zero-order valence-corrected chi connectivity index (χ0v) is 14.3. The lowest BCUT2D eigenvalue weighted by molar-refractivity contribution is -0.115. The van der Waals surface area contributed by atoms with Crippen LogP contribution in [0.1, 0.15) is 36.5 Å². The Bertz CT molecular complexity index is 752. The van der Waals surface area contributed by atoms with Gasteiger partial charge in [-0.25, -0.2) is 4.98 Å². The number of carbonyl (C=O) groups excluding carboxylic acids is 2. The quantitative estimate of drug-likeness (QED) is 0.877. The Morgan fingerprint density at radius 3 is 2.44 bits per heavy atom. The van der Waals surface area contributed by atoms with Crippen molar-refractivity contribution < 1.29 is 9.59 Å². The Morgan fingerprint density at radius 2 is 1.80 bits per heavy atom. The summed E-state index contributed by atoms with van der Waals surface area (Å²) in [4.78, 5) is 30.5. The van der Waals surface area contributed by atoms with E-state index in [9.17, 15) is 9.59 Å². The largest absolute Gasteiger partial charge is 0.357 e. The predicted octanol–water partition coefficient (Wildman–Crippen LogP) is 3.28. The summed E-state index contributed by atoms with van der Waals surface area (Å²) in [6, 6.07) is 10.8. The van der Waals surface area contributed by atoms with Crippen molar-refractivity contribution in [2.24, 2.45) is 0 Å². The molecule has 2 aromatic rings. The molecule has 1 aliphatic rings. The lowest BCUT2D eigenvalue weighted by atomic mass is 10.2. The molecule has 1 aromatic carbocycles. The Morgan fingerprint density at radius 1 is 1.08 bits per heavy atom. The van der Waals surface area contributed by atoms with Crippen LogP contribution in [0.2, 0.25) is 0 Å². The van der Waals surface area contributed by atoms with E-state index < -0.39 is 0 Å². The highest BCUT2D eigenvalue weighted by atomic mass is 16.2. The molecule has 1 aromatic heterocycles. The molecule has 0 aliphatic carbocycles. The number of nitrogens with one attached hydrogen (secondary N) is 2. The molecule has 25 heavy (non-hydrogen) atoms. The molecule has 0 unspecified atom stereocenters. The van der Waals surface area contributed by atoms with Crippen LogP contribution in [0.25, 0.3) is 0 Å². The van der Waals surface area contributed by atoms with Gasteiger partial charge in [0.1, 0.15) is 5.82 Å². The number of rotatable bonds is 5. The van der Waals surface area contributed by atoms with Crippen LogP contribution in [-0.2, 0) is 4.79 Å².